The Kier molecular flexibility index (Phi) is 3.81. The molecular weight excluding hydrogens is 378 g/mol. The van der Waals surface area contributed by atoms with Crippen LogP contribution in [0.2, 0.25) is 0 Å². The lowest BCUT2D eigenvalue weighted by molar-refractivity contribution is 1.02. The maximum atomic E-state index is 3.64. The summed E-state index contributed by atoms with van der Waals surface area (Å²) in [7, 11) is 0. The Morgan fingerprint density at radius 2 is 1.50 bits per heavy atom. The third kappa shape index (κ3) is 2.48. The minimum absolute atomic E-state index is 1.09. The number of aryl methyl sites for hydroxylation is 1. The Hall–Kier alpha value is -1.32. The monoisotopic (exact) mass is 389 g/mol. The predicted octanol–water partition coefficient (Wildman–Crippen LogP) is 5.98. The van der Waals surface area contributed by atoms with Crippen LogP contribution in [0.25, 0.3) is 16.9 Å². The molecule has 0 bridgehead atoms. The number of hydrogen-bond donors (Lipinski definition) is 0. The fraction of sp³-hybridized carbons (Fsp3) is 0.0588. The van der Waals surface area contributed by atoms with E-state index in [1.807, 2.05) is 6.07 Å². The number of halogens is 2. The highest BCUT2D eigenvalue weighted by Gasteiger charge is 2.11. The Morgan fingerprint density at radius 1 is 0.800 bits per heavy atom. The number of rotatable bonds is 2. The van der Waals surface area contributed by atoms with E-state index in [2.05, 4.69) is 97.9 Å². The fourth-order valence-electron chi connectivity index (χ4n) is 2.34. The van der Waals surface area contributed by atoms with Crippen molar-refractivity contribution >= 4 is 31.9 Å². The van der Waals surface area contributed by atoms with E-state index in [0.717, 1.165) is 14.6 Å². The van der Waals surface area contributed by atoms with Gasteiger partial charge in [-0.25, -0.2) is 0 Å². The second-order valence-electron chi connectivity index (χ2n) is 4.65. The number of aromatic nitrogens is 1. The summed E-state index contributed by atoms with van der Waals surface area (Å²) >= 11 is 7.13. The third-order valence-electron chi connectivity index (χ3n) is 3.31. The summed E-state index contributed by atoms with van der Waals surface area (Å²) in [6.45, 7) is 2.13. The average Bonchev–Trinajstić information content (AvgIpc) is 2.82. The minimum atomic E-state index is 1.09. The molecule has 0 amide bonds. The lowest BCUT2D eigenvalue weighted by Gasteiger charge is -2.14. The smallest absolute Gasteiger partial charge is 0.0600 e. The van der Waals surface area contributed by atoms with Gasteiger partial charge < -0.3 is 4.57 Å². The molecule has 0 fully saturated rings. The lowest BCUT2D eigenvalue weighted by atomic mass is 10.1. The summed E-state index contributed by atoms with van der Waals surface area (Å²) in [6, 6.07) is 21.0. The molecule has 0 spiro atoms. The van der Waals surface area contributed by atoms with Crippen LogP contribution in [-0.2, 0) is 0 Å². The quantitative estimate of drug-likeness (QED) is 0.507. The molecule has 0 aliphatic heterocycles. The zero-order valence-electron chi connectivity index (χ0n) is 11.0. The van der Waals surface area contributed by atoms with Crippen LogP contribution in [0.1, 0.15) is 5.69 Å². The summed E-state index contributed by atoms with van der Waals surface area (Å²) in [4.78, 5) is 0. The van der Waals surface area contributed by atoms with Gasteiger partial charge in [-0.05, 0) is 64.8 Å². The van der Waals surface area contributed by atoms with E-state index in [1.54, 1.807) is 0 Å². The molecule has 3 rings (SSSR count). The molecule has 0 aliphatic rings. The molecule has 0 N–H and O–H groups in total. The first kappa shape index (κ1) is 13.7. The Balaban J connectivity index is 2.20. The van der Waals surface area contributed by atoms with Gasteiger partial charge in [0.25, 0.3) is 0 Å². The van der Waals surface area contributed by atoms with Crippen molar-refractivity contribution in [2.75, 3.05) is 0 Å². The molecule has 1 aromatic heterocycles. The Morgan fingerprint density at radius 3 is 2.20 bits per heavy atom. The third-order valence-corrected chi connectivity index (χ3v) is 4.51. The van der Waals surface area contributed by atoms with Gasteiger partial charge in [0, 0.05) is 14.6 Å². The van der Waals surface area contributed by atoms with Crippen molar-refractivity contribution in [3.63, 3.8) is 0 Å². The van der Waals surface area contributed by atoms with Gasteiger partial charge in [0.05, 0.1) is 11.4 Å². The normalized spacial score (nSPS) is 10.8. The van der Waals surface area contributed by atoms with Gasteiger partial charge in [0.2, 0.25) is 0 Å². The maximum absolute atomic E-state index is 3.64. The first-order valence-electron chi connectivity index (χ1n) is 6.36. The molecule has 0 saturated carbocycles. The van der Waals surface area contributed by atoms with Crippen LogP contribution < -0.4 is 0 Å². The van der Waals surface area contributed by atoms with Gasteiger partial charge in [0.15, 0.2) is 0 Å². The predicted molar refractivity (Wildman–Crippen MR) is 91.3 cm³/mol. The summed E-state index contributed by atoms with van der Waals surface area (Å²) in [5.74, 6) is 0. The molecule has 0 saturated heterocycles. The first-order valence-corrected chi connectivity index (χ1v) is 7.94. The van der Waals surface area contributed by atoms with E-state index < -0.39 is 0 Å². The fourth-order valence-corrected chi connectivity index (χ4v) is 3.06. The second-order valence-corrected chi connectivity index (χ2v) is 6.42. The molecule has 3 heteroatoms. The average molecular weight is 391 g/mol. The Labute approximate surface area is 135 Å². The van der Waals surface area contributed by atoms with Gasteiger partial charge in [-0.1, -0.05) is 40.2 Å². The molecule has 20 heavy (non-hydrogen) atoms. The maximum Gasteiger partial charge on any atom is 0.0600 e. The SMILES string of the molecule is Cc1ccc(-c2ccc(Br)cc2)n1-c1ccccc1Br. The summed E-state index contributed by atoms with van der Waals surface area (Å²) in [6.07, 6.45) is 0. The van der Waals surface area contributed by atoms with Crippen molar-refractivity contribution in [3.05, 3.63) is 75.3 Å². The van der Waals surface area contributed by atoms with Crippen molar-refractivity contribution in [3.8, 4) is 16.9 Å². The van der Waals surface area contributed by atoms with Crippen molar-refractivity contribution < 1.29 is 0 Å². The van der Waals surface area contributed by atoms with Crippen molar-refractivity contribution in [2.45, 2.75) is 6.92 Å². The van der Waals surface area contributed by atoms with Gasteiger partial charge >= 0.3 is 0 Å². The number of para-hydroxylation sites is 1. The van der Waals surface area contributed by atoms with Gasteiger partial charge in [0.1, 0.15) is 0 Å². The standard InChI is InChI=1S/C17H13Br2N/c1-12-6-11-16(13-7-9-14(18)10-8-13)20(12)17-5-3-2-4-15(17)19/h2-11H,1H3. The first-order chi connectivity index (χ1) is 9.66. The highest BCUT2D eigenvalue weighted by Crippen LogP contribution is 2.30. The van der Waals surface area contributed by atoms with Gasteiger partial charge in [-0.3, -0.25) is 0 Å². The summed E-state index contributed by atoms with van der Waals surface area (Å²) in [5.41, 5.74) is 4.78. The molecule has 3 aromatic rings. The zero-order valence-corrected chi connectivity index (χ0v) is 14.1. The van der Waals surface area contributed by atoms with Crippen LogP contribution in [0.5, 0.6) is 0 Å². The topological polar surface area (TPSA) is 4.93 Å². The van der Waals surface area contributed by atoms with E-state index in [9.17, 15) is 0 Å². The van der Waals surface area contributed by atoms with Crippen LogP contribution in [0.3, 0.4) is 0 Å². The van der Waals surface area contributed by atoms with Crippen LogP contribution in [0, 0.1) is 6.92 Å². The van der Waals surface area contributed by atoms with Crippen molar-refractivity contribution in [1.29, 1.82) is 0 Å². The molecule has 0 aliphatic carbocycles. The Bertz CT molecular complexity index is 742. The molecule has 0 radical (unpaired) electrons. The summed E-state index contributed by atoms with van der Waals surface area (Å²) < 4.78 is 4.46. The molecular formula is C17H13Br2N. The van der Waals surface area contributed by atoms with Crippen LogP contribution in [0.15, 0.2) is 69.6 Å². The van der Waals surface area contributed by atoms with Gasteiger partial charge in [-0.15, -0.1) is 0 Å². The van der Waals surface area contributed by atoms with E-state index >= 15 is 0 Å². The van der Waals surface area contributed by atoms with Gasteiger partial charge in [-0.2, -0.15) is 0 Å². The second kappa shape index (κ2) is 5.58. The zero-order chi connectivity index (χ0) is 14.1. The molecule has 100 valence electrons. The van der Waals surface area contributed by atoms with Crippen molar-refractivity contribution in [2.24, 2.45) is 0 Å². The van der Waals surface area contributed by atoms with E-state index in [1.165, 1.54) is 17.0 Å². The lowest BCUT2D eigenvalue weighted by Crippen LogP contribution is -1.99. The summed E-state index contributed by atoms with van der Waals surface area (Å²) in [5, 5.41) is 0. The minimum Gasteiger partial charge on any atom is -0.313 e. The molecule has 0 atom stereocenters. The number of nitrogens with zero attached hydrogens (tertiary/aromatic N) is 1. The van der Waals surface area contributed by atoms with Crippen molar-refractivity contribution in [1.82, 2.24) is 4.57 Å². The van der Waals surface area contributed by atoms with E-state index in [-0.39, 0.29) is 0 Å². The molecule has 2 aromatic carbocycles. The molecule has 0 unspecified atom stereocenters. The largest absolute Gasteiger partial charge is 0.313 e. The number of hydrogen-bond acceptors (Lipinski definition) is 0. The highest BCUT2D eigenvalue weighted by molar-refractivity contribution is 9.10. The molecule has 1 nitrogen and oxygen atoms in total. The van der Waals surface area contributed by atoms with E-state index in [0.29, 0.717) is 0 Å². The highest BCUT2D eigenvalue weighted by atomic mass is 79.9. The molecule has 1 heterocycles. The van der Waals surface area contributed by atoms with Crippen LogP contribution in [0.4, 0.5) is 0 Å². The van der Waals surface area contributed by atoms with Crippen LogP contribution >= 0.6 is 31.9 Å². The van der Waals surface area contributed by atoms with Crippen LogP contribution in [-0.4, -0.2) is 4.57 Å². The van der Waals surface area contributed by atoms with E-state index in [4.69, 9.17) is 0 Å². The number of benzene rings is 2.